The van der Waals surface area contributed by atoms with Crippen LogP contribution in [0.5, 0.6) is 0 Å². The van der Waals surface area contributed by atoms with Crippen LogP contribution in [0.2, 0.25) is 0 Å². The summed E-state index contributed by atoms with van der Waals surface area (Å²) in [6.45, 7) is 1.40. The number of fused-ring (bicyclic) bond motifs is 2. The van der Waals surface area contributed by atoms with Gasteiger partial charge in [0, 0.05) is 24.6 Å². The number of halogens is 1. The third-order valence-corrected chi connectivity index (χ3v) is 3.59. The Morgan fingerprint density at radius 2 is 1.95 bits per heavy atom. The maximum atomic E-state index is 12.4. The Balaban J connectivity index is 0.00000147. The molecule has 2 N–H and O–H groups in total. The predicted octanol–water partition coefficient (Wildman–Crippen LogP) is 1.28. The Hall–Kier alpha value is -1.85. The van der Waals surface area contributed by atoms with Crippen LogP contribution in [0.15, 0.2) is 24.3 Å². The molecule has 0 aliphatic carbocycles. The van der Waals surface area contributed by atoms with Gasteiger partial charge in [-0.15, -0.1) is 12.4 Å². The summed E-state index contributed by atoms with van der Waals surface area (Å²) in [7, 11) is 0. The minimum Gasteiger partial charge on any atom is -0.618 e. The molecule has 1 aliphatic rings. The van der Waals surface area contributed by atoms with Crippen molar-refractivity contribution in [3.63, 3.8) is 0 Å². The van der Waals surface area contributed by atoms with E-state index in [4.69, 9.17) is 0 Å². The van der Waals surface area contributed by atoms with E-state index < -0.39 is 5.97 Å². The van der Waals surface area contributed by atoms with Gasteiger partial charge in [-0.05, 0) is 19.0 Å². The van der Waals surface area contributed by atoms with E-state index in [9.17, 15) is 15.1 Å². The zero-order valence-electron chi connectivity index (χ0n) is 10.8. The van der Waals surface area contributed by atoms with Gasteiger partial charge in [0.2, 0.25) is 5.52 Å². The summed E-state index contributed by atoms with van der Waals surface area (Å²) in [6, 6.07) is 6.89. The third-order valence-electron chi connectivity index (χ3n) is 3.59. The summed E-state index contributed by atoms with van der Waals surface area (Å²) >= 11 is 0. The molecule has 0 saturated heterocycles. The fraction of sp³-hybridized carbons (Fsp3) is 0.286. The van der Waals surface area contributed by atoms with Gasteiger partial charge in [-0.25, -0.2) is 4.79 Å². The van der Waals surface area contributed by atoms with Crippen LogP contribution < -0.4 is 10.0 Å². The summed E-state index contributed by atoms with van der Waals surface area (Å²) < 4.78 is 0.893. The van der Waals surface area contributed by atoms with E-state index >= 15 is 0 Å². The Labute approximate surface area is 122 Å². The van der Waals surface area contributed by atoms with Crippen LogP contribution in [0, 0.1) is 5.21 Å². The van der Waals surface area contributed by atoms with E-state index in [1.165, 1.54) is 0 Å². The lowest BCUT2D eigenvalue weighted by Crippen LogP contribution is -2.36. The third kappa shape index (κ3) is 2.19. The first-order chi connectivity index (χ1) is 9.20. The van der Waals surface area contributed by atoms with E-state index in [0.717, 1.165) is 4.73 Å². The molecule has 106 valence electrons. The second kappa shape index (κ2) is 5.64. The number of hydrogen-bond donors (Lipinski definition) is 2. The molecule has 2 aromatic rings. The summed E-state index contributed by atoms with van der Waals surface area (Å²) in [5.74, 6) is -0.963. The summed E-state index contributed by atoms with van der Waals surface area (Å²) in [5.41, 5.74) is 1.97. The number of carboxylic acids is 1. The number of carboxylic acid groups (broad SMARTS) is 1. The van der Waals surface area contributed by atoms with E-state index in [2.05, 4.69) is 5.32 Å². The maximum Gasteiger partial charge on any atom is 0.337 e. The number of nitrogens with zero attached hydrogens (tertiary/aromatic N) is 1. The zero-order valence-corrected chi connectivity index (χ0v) is 11.6. The smallest absolute Gasteiger partial charge is 0.337 e. The molecule has 0 amide bonds. The van der Waals surface area contributed by atoms with Crippen molar-refractivity contribution < 1.29 is 14.6 Å². The van der Waals surface area contributed by atoms with Gasteiger partial charge in [0.15, 0.2) is 5.69 Å². The number of aromatic nitrogens is 1. The summed E-state index contributed by atoms with van der Waals surface area (Å²) in [4.78, 5) is 11.6. The number of hydrogen-bond acceptors (Lipinski definition) is 3. The molecule has 0 atom stereocenters. The Morgan fingerprint density at radius 3 is 2.70 bits per heavy atom. The first kappa shape index (κ1) is 14.6. The highest BCUT2D eigenvalue weighted by atomic mass is 35.5. The van der Waals surface area contributed by atoms with Crippen molar-refractivity contribution in [2.45, 2.75) is 12.8 Å². The van der Waals surface area contributed by atoms with Gasteiger partial charge in [0.05, 0.1) is 10.9 Å². The molecular weight excluding hydrogens is 280 g/mol. The molecule has 0 radical (unpaired) electrons. The number of pyridine rings is 1. The van der Waals surface area contributed by atoms with Crippen LogP contribution in [0.3, 0.4) is 0 Å². The highest BCUT2D eigenvalue weighted by Gasteiger charge is 2.27. The molecule has 0 fully saturated rings. The highest BCUT2D eigenvalue weighted by molar-refractivity contribution is 6.03. The Morgan fingerprint density at radius 1 is 1.25 bits per heavy atom. The highest BCUT2D eigenvalue weighted by Crippen LogP contribution is 2.24. The Kier molecular flexibility index (Phi) is 4.11. The first-order valence-corrected chi connectivity index (χ1v) is 6.30. The quantitative estimate of drug-likeness (QED) is 0.614. The van der Waals surface area contributed by atoms with Crippen molar-refractivity contribution in [3.8, 4) is 0 Å². The second-order valence-corrected chi connectivity index (χ2v) is 4.67. The van der Waals surface area contributed by atoms with Crippen LogP contribution in [0.4, 0.5) is 0 Å². The molecule has 2 heterocycles. The second-order valence-electron chi connectivity index (χ2n) is 4.67. The molecule has 0 bridgehead atoms. The first-order valence-electron chi connectivity index (χ1n) is 6.30. The van der Waals surface area contributed by atoms with Gasteiger partial charge in [-0.2, -0.15) is 4.73 Å². The number of aromatic carboxylic acids is 1. The van der Waals surface area contributed by atoms with E-state index in [-0.39, 0.29) is 18.0 Å². The Bertz CT molecular complexity index is 673. The van der Waals surface area contributed by atoms with Gasteiger partial charge in [-0.3, -0.25) is 0 Å². The molecule has 6 heteroatoms. The molecule has 0 unspecified atom stereocenters. The number of rotatable bonds is 1. The maximum absolute atomic E-state index is 12.4. The number of nitrogens with one attached hydrogen (secondary N) is 1. The number of carbonyl (C=O) groups is 1. The zero-order chi connectivity index (χ0) is 13.4. The fourth-order valence-electron chi connectivity index (χ4n) is 2.75. The van der Waals surface area contributed by atoms with Crippen molar-refractivity contribution in [2.75, 3.05) is 13.1 Å². The van der Waals surface area contributed by atoms with Gasteiger partial charge >= 0.3 is 5.97 Å². The SMILES string of the molecule is Cl.O=C(O)c1c2c([n+]([O-])c3ccccc13)CCNCC2. The topological polar surface area (TPSA) is 76.3 Å². The van der Waals surface area contributed by atoms with E-state index in [1.807, 2.05) is 0 Å². The fourth-order valence-corrected chi connectivity index (χ4v) is 2.75. The number of para-hydroxylation sites is 1. The minimum atomic E-state index is -0.963. The summed E-state index contributed by atoms with van der Waals surface area (Å²) in [6.07, 6.45) is 1.13. The lowest BCUT2D eigenvalue weighted by molar-refractivity contribution is -0.586. The van der Waals surface area contributed by atoms with Crippen molar-refractivity contribution in [3.05, 3.63) is 46.3 Å². The van der Waals surface area contributed by atoms with Crippen LogP contribution in [0.25, 0.3) is 10.9 Å². The normalized spacial score (nSPS) is 14.2. The molecule has 5 nitrogen and oxygen atoms in total. The largest absolute Gasteiger partial charge is 0.618 e. The van der Waals surface area contributed by atoms with Crippen molar-refractivity contribution >= 4 is 29.3 Å². The van der Waals surface area contributed by atoms with Gasteiger partial charge < -0.3 is 15.6 Å². The minimum absolute atomic E-state index is 0. The van der Waals surface area contributed by atoms with Crippen LogP contribution >= 0.6 is 12.4 Å². The lowest BCUT2D eigenvalue weighted by Gasteiger charge is -2.13. The van der Waals surface area contributed by atoms with Gasteiger partial charge in [0.25, 0.3) is 0 Å². The lowest BCUT2D eigenvalue weighted by atomic mass is 9.97. The van der Waals surface area contributed by atoms with Gasteiger partial charge in [-0.1, -0.05) is 12.1 Å². The molecule has 1 aliphatic heterocycles. The van der Waals surface area contributed by atoms with Crippen molar-refractivity contribution in [1.82, 2.24) is 5.32 Å². The van der Waals surface area contributed by atoms with E-state index in [1.54, 1.807) is 24.3 Å². The van der Waals surface area contributed by atoms with Crippen molar-refractivity contribution in [1.29, 1.82) is 0 Å². The molecule has 1 aromatic heterocycles. The average Bonchev–Trinajstić information content (AvgIpc) is 2.64. The molecule has 20 heavy (non-hydrogen) atoms. The molecule has 0 spiro atoms. The van der Waals surface area contributed by atoms with Crippen LogP contribution in [-0.2, 0) is 12.8 Å². The predicted molar refractivity (Wildman–Crippen MR) is 77.4 cm³/mol. The average molecular weight is 295 g/mol. The summed E-state index contributed by atoms with van der Waals surface area (Å²) in [5, 5.41) is 25.6. The van der Waals surface area contributed by atoms with Crippen LogP contribution in [-0.4, -0.2) is 24.2 Å². The van der Waals surface area contributed by atoms with Crippen molar-refractivity contribution in [2.24, 2.45) is 0 Å². The molecule has 0 saturated carbocycles. The molecule has 3 rings (SSSR count). The standard InChI is InChI=1S/C14H14N2O3.ClH/c17-14(18)13-9-3-1-2-4-11(9)16(19)12-6-8-15-7-5-10(12)13;/h1-4,15H,5-8H2,(H,17,18);1H. The number of benzene rings is 1. The molecular formula is C14H15ClN2O3. The van der Waals surface area contributed by atoms with E-state index in [0.29, 0.717) is 48.1 Å². The molecule has 1 aromatic carbocycles. The van der Waals surface area contributed by atoms with Gasteiger partial charge in [0.1, 0.15) is 0 Å². The van der Waals surface area contributed by atoms with Crippen LogP contribution in [0.1, 0.15) is 21.6 Å². The monoisotopic (exact) mass is 294 g/mol.